The van der Waals surface area contributed by atoms with E-state index in [-0.39, 0.29) is 5.56 Å². The predicted octanol–water partition coefficient (Wildman–Crippen LogP) is 0.921. The van der Waals surface area contributed by atoms with E-state index in [0.29, 0.717) is 11.1 Å². The van der Waals surface area contributed by atoms with Gasteiger partial charge in [0.05, 0.1) is 5.52 Å². The molecule has 0 saturated carbocycles. The molecule has 0 aliphatic carbocycles. The van der Waals surface area contributed by atoms with Crippen LogP contribution in [0, 0.1) is 6.92 Å². The molecule has 2 rings (SSSR count). The number of pyridine rings is 1. The highest BCUT2D eigenvalue weighted by atomic mass is 16.4. The van der Waals surface area contributed by atoms with E-state index in [1.807, 2.05) is 6.07 Å². The summed E-state index contributed by atoms with van der Waals surface area (Å²) in [4.78, 5) is 24.9. The van der Waals surface area contributed by atoms with Crippen molar-refractivity contribution in [3.8, 4) is 0 Å². The SMILES string of the molecule is Cc1cc(=O)[nH]c2c(C(N)C(=O)O)cccc12. The number of carboxylic acids is 1. The van der Waals surface area contributed by atoms with Gasteiger partial charge in [-0.2, -0.15) is 0 Å². The van der Waals surface area contributed by atoms with Gasteiger partial charge in [-0.15, -0.1) is 0 Å². The van der Waals surface area contributed by atoms with Crippen LogP contribution in [0.4, 0.5) is 0 Å². The Labute approximate surface area is 96.9 Å². The largest absolute Gasteiger partial charge is 0.480 e. The molecule has 0 aliphatic rings. The number of rotatable bonds is 2. The van der Waals surface area contributed by atoms with Crippen molar-refractivity contribution < 1.29 is 9.90 Å². The lowest BCUT2D eigenvalue weighted by molar-refractivity contribution is -0.138. The standard InChI is InChI=1S/C12H12N2O3/c1-6-5-9(15)14-11-7(6)3-2-4-8(11)10(13)12(16)17/h2-5,10H,13H2,1H3,(H,14,15)(H,16,17). The number of nitrogens with one attached hydrogen (secondary N) is 1. The van der Waals surface area contributed by atoms with E-state index in [9.17, 15) is 9.59 Å². The van der Waals surface area contributed by atoms with Crippen LogP contribution < -0.4 is 11.3 Å². The van der Waals surface area contributed by atoms with Gasteiger partial charge in [-0.3, -0.25) is 9.59 Å². The number of H-pyrrole nitrogens is 1. The number of aliphatic carboxylic acids is 1. The normalized spacial score (nSPS) is 12.6. The first kappa shape index (κ1) is 11.3. The topological polar surface area (TPSA) is 96.2 Å². The summed E-state index contributed by atoms with van der Waals surface area (Å²) in [5.74, 6) is -1.13. The third-order valence-corrected chi connectivity index (χ3v) is 2.72. The first-order chi connectivity index (χ1) is 8.00. The van der Waals surface area contributed by atoms with Gasteiger partial charge in [-0.05, 0) is 12.5 Å². The van der Waals surface area contributed by atoms with Crippen molar-refractivity contribution in [2.75, 3.05) is 0 Å². The van der Waals surface area contributed by atoms with E-state index >= 15 is 0 Å². The summed E-state index contributed by atoms with van der Waals surface area (Å²) in [6, 6.07) is 5.48. The van der Waals surface area contributed by atoms with Crippen LogP contribution in [0.5, 0.6) is 0 Å². The number of nitrogens with two attached hydrogens (primary N) is 1. The zero-order valence-corrected chi connectivity index (χ0v) is 9.23. The van der Waals surface area contributed by atoms with Gasteiger partial charge in [0.15, 0.2) is 0 Å². The van der Waals surface area contributed by atoms with Crippen LogP contribution in [0.3, 0.4) is 0 Å². The number of carbonyl (C=O) groups is 1. The Balaban J connectivity index is 2.81. The molecule has 0 aliphatic heterocycles. The van der Waals surface area contributed by atoms with Crippen molar-refractivity contribution >= 4 is 16.9 Å². The summed E-state index contributed by atoms with van der Waals surface area (Å²) >= 11 is 0. The van der Waals surface area contributed by atoms with Gasteiger partial charge < -0.3 is 15.8 Å². The Kier molecular flexibility index (Phi) is 2.69. The van der Waals surface area contributed by atoms with E-state index in [1.54, 1.807) is 19.1 Å². The van der Waals surface area contributed by atoms with E-state index < -0.39 is 12.0 Å². The predicted molar refractivity (Wildman–Crippen MR) is 63.9 cm³/mol. The van der Waals surface area contributed by atoms with Gasteiger partial charge in [0.25, 0.3) is 0 Å². The zero-order chi connectivity index (χ0) is 12.6. The minimum atomic E-state index is -1.14. The first-order valence-corrected chi connectivity index (χ1v) is 5.11. The van der Waals surface area contributed by atoms with Crippen LogP contribution in [-0.4, -0.2) is 16.1 Å². The Hall–Kier alpha value is -2.14. The summed E-state index contributed by atoms with van der Waals surface area (Å²) in [5.41, 5.74) is 7.02. The average Bonchev–Trinajstić information content (AvgIpc) is 2.27. The molecule has 0 fully saturated rings. The Bertz CT molecular complexity index is 646. The molecule has 1 heterocycles. The van der Waals surface area contributed by atoms with Crippen LogP contribution in [0.2, 0.25) is 0 Å². The number of hydrogen-bond acceptors (Lipinski definition) is 3. The van der Waals surface area contributed by atoms with Crippen molar-refractivity contribution in [3.63, 3.8) is 0 Å². The lowest BCUT2D eigenvalue weighted by Crippen LogP contribution is -2.22. The summed E-state index contributed by atoms with van der Waals surface area (Å²) in [6.45, 7) is 1.80. The quantitative estimate of drug-likeness (QED) is 0.717. The Morgan fingerprint density at radius 1 is 1.47 bits per heavy atom. The maximum absolute atomic E-state index is 11.4. The molecule has 2 aromatic rings. The number of aromatic nitrogens is 1. The van der Waals surface area contributed by atoms with Crippen LogP contribution in [0.15, 0.2) is 29.1 Å². The molecule has 1 atom stereocenters. The summed E-state index contributed by atoms with van der Waals surface area (Å²) in [6.07, 6.45) is 0. The van der Waals surface area contributed by atoms with Gasteiger partial charge in [0.1, 0.15) is 6.04 Å². The van der Waals surface area contributed by atoms with Gasteiger partial charge in [-0.25, -0.2) is 0 Å². The molecule has 1 aromatic carbocycles. The molecule has 4 N–H and O–H groups in total. The molecule has 0 radical (unpaired) electrons. The van der Waals surface area contributed by atoms with Crippen LogP contribution in [-0.2, 0) is 4.79 Å². The highest BCUT2D eigenvalue weighted by Gasteiger charge is 2.17. The maximum Gasteiger partial charge on any atom is 0.325 e. The Morgan fingerprint density at radius 2 is 2.18 bits per heavy atom. The number of hydrogen-bond donors (Lipinski definition) is 3. The molecular formula is C12H12N2O3. The van der Waals surface area contributed by atoms with E-state index in [0.717, 1.165) is 10.9 Å². The van der Waals surface area contributed by atoms with Crippen molar-refractivity contribution in [3.05, 3.63) is 45.7 Å². The minimum Gasteiger partial charge on any atom is -0.480 e. The number of para-hydroxylation sites is 1. The number of aromatic amines is 1. The third-order valence-electron chi connectivity index (χ3n) is 2.72. The van der Waals surface area contributed by atoms with Crippen LogP contribution >= 0.6 is 0 Å². The number of carboxylic acid groups (broad SMARTS) is 1. The van der Waals surface area contributed by atoms with E-state index in [1.165, 1.54) is 6.07 Å². The molecule has 0 bridgehead atoms. The minimum absolute atomic E-state index is 0.264. The number of aryl methyl sites for hydroxylation is 1. The lowest BCUT2D eigenvalue weighted by atomic mass is 10.0. The number of benzene rings is 1. The van der Waals surface area contributed by atoms with Crippen molar-refractivity contribution in [2.45, 2.75) is 13.0 Å². The molecule has 1 aromatic heterocycles. The van der Waals surface area contributed by atoms with Crippen molar-refractivity contribution in [1.29, 1.82) is 0 Å². The molecule has 1 unspecified atom stereocenters. The fraction of sp³-hybridized carbons (Fsp3) is 0.167. The van der Waals surface area contributed by atoms with Crippen molar-refractivity contribution in [1.82, 2.24) is 4.98 Å². The average molecular weight is 232 g/mol. The van der Waals surface area contributed by atoms with E-state index in [4.69, 9.17) is 10.8 Å². The molecule has 0 amide bonds. The van der Waals surface area contributed by atoms with Gasteiger partial charge in [0, 0.05) is 17.0 Å². The molecule has 0 spiro atoms. The van der Waals surface area contributed by atoms with Crippen LogP contribution in [0.25, 0.3) is 10.9 Å². The molecule has 5 heteroatoms. The van der Waals surface area contributed by atoms with E-state index in [2.05, 4.69) is 4.98 Å². The molecule has 5 nitrogen and oxygen atoms in total. The molecular weight excluding hydrogens is 220 g/mol. The second-order valence-electron chi connectivity index (χ2n) is 3.90. The second kappa shape index (κ2) is 4.03. The van der Waals surface area contributed by atoms with Gasteiger partial charge >= 0.3 is 5.97 Å². The second-order valence-corrected chi connectivity index (χ2v) is 3.90. The fourth-order valence-corrected chi connectivity index (χ4v) is 1.86. The summed E-state index contributed by atoms with van der Waals surface area (Å²) in [7, 11) is 0. The highest BCUT2D eigenvalue weighted by molar-refractivity contribution is 5.89. The van der Waals surface area contributed by atoms with Crippen LogP contribution in [0.1, 0.15) is 17.2 Å². The monoisotopic (exact) mass is 232 g/mol. The lowest BCUT2D eigenvalue weighted by Gasteiger charge is -2.11. The van der Waals surface area contributed by atoms with Crippen molar-refractivity contribution in [2.24, 2.45) is 5.73 Å². The highest BCUT2D eigenvalue weighted by Crippen LogP contribution is 2.22. The summed E-state index contributed by atoms with van der Waals surface area (Å²) in [5, 5.41) is 9.72. The van der Waals surface area contributed by atoms with Gasteiger partial charge in [0.2, 0.25) is 5.56 Å². The fourth-order valence-electron chi connectivity index (χ4n) is 1.86. The third kappa shape index (κ3) is 1.92. The van der Waals surface area contributed by atoms with Gasteiger partial charge in [-0.1, -0.05) is 18.2 Å². The molecule has 0 saturated heterocycles. The number of fused-ring (bicyclic) bond motifs is 1. The smallest absolute Gasteiger partial charge is 0.325 e. The molecule has 88 valence electrons. The summed E-state index contributed by atoms with van der Waals surface area (Å²) < 4.78 is 0. The molecule has 17 heavy (non-hydrogen) atoms. The maximum atomic E-state index is 11.4. The Morgan fingerprint density at radius 3 is 2.82 bits per heavy atom. The first-order valence-electron chi connectivity index (χ1n) is 5.11. The zero-order valence-electron chi connectivity index (χ0n) is 9.23.